The van der Waals surface area contributed by atoms with Gasteiger partial charge in [-0.2, -0.15) is 0 Å². The molecule has 0 heterocycles. The lowest BCUT2D eigenvalue weighted by molar-refractivity contribution is 0.0695. The predicted molar refractivity (Wildman–Crippen MR) is 80.9 cm³/mol. The van der Waals surface area contributed by atoms with Crippen LogP contribution in [0.2, 0.25) is 0 Å². The zero-order valence-electron chi connectivity index (χ0n) is 12.3. The molecule has 20 heavy (non-hydrogen) atoms. The van der Waals surface area contributed by atoms with Gasteiger partial charge in [0, 0.05) is 12.6 Å². The van der Waals surface area contributed by atoms with Gasteiger partial charge in [0.05, 0.1) is 5.56 Å². The highest BCUT2D eigenvalue weighted by Crippen LogP contribution is 2.28. The van der Waals surface area contributed by atoms with Crippen molar-refractivity contribution in [2.24, 2.45) is 5.92 Å². The molecule has 0 spiro atoms. The lowest BCUT2D eigenvalue weighted by Gasteiger charge is -2.30. The molecule has 3 heteroatoms. The molecule has 1 aromatic rings. The zero-order chi connectivity index (χ0) is 14.4. The highest BCUT2D eigenvalue weighted by molar-refractivity contribution is 5.89. The Labute approximate surface area is 121 Å². The van der Waals surface area contributed by atoms with Crippen LogP contribution in [0.3, 0.4) is 0 Å². The van der Waals surface area contributed by atoms with Crippen molar-refractivity contribution in [3.8, 4) is 0 Å². The van der Waals surface area contributed by atoms with Crippen LogP contribution in [0.4, 0.5) is 0 Å². The first-order valence-corrected chi connectivity index (χ1v) is 7.77. The highest BCUT2D eigenvalue weighted by Gasteiger charge is 2.22. The van der Waals surface area contributed by atoms with Gasteiger partial charge in [0.25, 0.3) is 0 Å². The Morgan fingerprint density at radius 2 is 2.00 bits per heavy atom. The summed E-state index contributed by atoms with van der Waals surface area (Å²) in [5.74, 6) is -0.0844. The summed E-state index contributed by atoms with van der Waals surface area (Å²) < 4.78 is 0. The largest absolute Gasteiger partial charge is 0.478 e. The molecule has 0 amide bonds. The Hall–Kier alpha value is -1.35. The van der Waals surface area contributed by atoms with Crippen LogP contribution < -0.4 is 5.32 Å². The summed E-state index contributed by atoms with van der Waals surface area (Å²) in [5.41, 5.74) is 1.30. The third-order valence-corrected chi connectivity index (χ3v) is 4.46. The third kappa shape index (κ3) is 3.83. The molecule has 1 atom stereocenters. The summed E-state index contributed by atoms with van der Waals surface area (Å²) in [7, 11) is 0. The van der Waals surface area contributed by atoms with Crippen LogP contribution in [0.5, 0.6) is 0 Å². The van der Waals surface area contributed by atoms with E-state index in [1.165, 1.54) is 32.1 Å². The summed E-state index contributed by atoms with van der Waals surface area (Å²) in [5, 5.41) is 12.8. The van der Waals surface area contributed by atoms with Crippen LogP contribution in [0.25, 0.3) is 0 Å². The number of benzene rings is 1. The lowest BCUT2D eigenvalue weighted by Crippen LogP contribution is -2.36. The van der Waals surface area contributed by atoms with Crippen molar-refractivity contribution in [3.63, 3.8) is 0 Å². The van der Waals surface area contributed by atoms with Crippen molar-refractivity contribution < 1.29 is 9.90 Å². The summed E-state index contributed by atoms with van der Waals surface area (Å²) in [6.07, 6.45) is 7.79. The Morgan fingerprint density at radius 1 is 1.30 bits per heavy atom. The first kappa shape index (κ1) is 15.0. The van der Waals surface area contributed by atoms with Gasteiger partial charge < -0.3 is 10.4 Å². The minimum absolute atomic E-state index is 0.415. The first-order valence-electron chi connectivity index (χ1n) is 7.77. The fourth-order valence-corrected chi connectivity index (χ4v) is 3.31. The monoisotopic (exact) mass is 275 g/mol. The van der Waals surface area contributed by atoms with E-state index < -0.39 is 5.97 Å². The standard InChI is InChI=1S/C17H25NO2/c1-2-16(13-8-4-3-5-9-13)18-12-14-10-6-7-11-15(14)17(19)20/h6-7,10-11,13,16,18H,2-5,8-9,12H2,1H3,(H,19,20). The number of hydrogen-bond acceptors (Lipinski definition) is 2. The van der Waals surface area contributed by atoms with Crippen molar-refractivity contribution >= 4 is 5.97 Å². The van der Waals surface area contributed by atoms with E-state index in [2.05, 4.69) is 12.2 Å². The molecule has 1 fully saturated rings. The van der Waals surface area contributed by atoms with E-state index in [1.54, 1.807) is 12.1 Å². The molecule has 110 valence electrons. The van der Waals surface area contributed by atoms with E-state index in [0.717, 1.165) is 17.9 Å². The van der Waals surface area contributed by atoms with E-state index in [-0.39, 0.29) is 0 Å². The second-order valence-electron chi connectivity index (χ2n) is 5.76. The number of hydrogen-bond donors (Lipinski definition) is 2. The van der Waals surface area contributed by atoms with Gasteiger partial charge in [0.15, 0.2) is 0 Å². The van der Waals surface area contributed by atoms with Crippen molar-refractivity contribution in [3.05, 3.63) is 35.4 Å². The number of carbonyl (C=O) groups is 1. The molecule has 1 unspecified atom stereocenters. The minimum Gasteiger partial charge on any atom is -0.478 e. The molecular formula is C17H25NO2. The number of carboxylic acid groups (broad SMARTS) is 1. The van der Waals surface area contributed by atoms with E-state index in [0.29, 0.717) is 18.2 Å². The maximum Gasteiger partial charge on any atom is 0.336 e. The second-order valence-corrected chi connectivity index (χ2v) is 5.76. The Balaban J connectivity index is 1.97. The summed E-state index contributed by atoms with van der Waals surface area (Å²) in [6.45, 7) is 2.87. The molecule has 0 aliphatic heterocycles. The number of rotatable bonds is 6. The molecule has 2 N–H and O–H groups in total. The van der Waals surface area contributed by atoms with Gasteiger partial charge >= 0.3 is 5.97 Å². The van der Waals surface area contributed by atoms with Gasteiger partial charge in [0.1, 0.15) is 0 Å². The number of nitrogens with one attached hydrogen (secondary N) is 1. The smallest absolute Gasteiger partial charge is 0.336 e. The van der Waals surface area contributed by atoms with Gasteiger partial charge in [-0.3, -0.25) is 0 Å². The van der Waals surface area contributed by atoms with Crippen LogP contribution in [-0.4, -0.2) is 17.1 Å². The molecule has 1 aliphatic carbocycles. The molecule has 0 aromatic heterocycles. The molecule has 1 aliphatic rings. The molecule has 1 saturated carbocycles. The maximum atomic E-state index is 11.2. The van der Waals surface area contributed by atoms with Crippen LogP contribution in [-0.2, 0) is 6.54 Å². The Bertz CT molecular complexity index is 438. The predicted octanol–water partition coefficient (Wildman–Crippen LogP) is 3.83. The number of aromatic carboxylic acids is 1. The summed E-state index contributed by atoms with van der Waals surface area (Å²) >= 11 is 0. The zero-order valence-corrected chi connectivity index (χ0v) is 12.3. The molecule has 0 bridgehead atoms. The fourth-order valence-electron chi connectivity index (χ4n) is 3.31. The van der Waals surface area contributed by atoms with Crippen molar-refractivity contribution in [1.29, 1.82) is 0 Å². The van der Waals surface area contributed by atoms with Crippen molar-refractivity contribution in [2.45, 2.75) is 58.0 Å². The molecule has 3 nitrogen and oxygen atoms in total. The van der Waals surface area contributed by atoms with E-state index in [9.17, 15) is 9.90 Å². The minimum atomic E-state index is -0.840. The Kier molecular flexibility index (Phi) is 5.60. The maximum absolute atomic E-state index is 11.2. The van der Waals surface area contributed by atoms with Crippen molar-refractivity contribution in [1.82, 2.24) is 5.32 Å². The van der Waals surface area contributed by atoms with Crippen LogP contribution >= 0.6 is 0 Å². The van der Waals surface area contributed by atoms with Gasteiger partial charge in [0.2, 0.25) is 0 Å². The highest BCUT2D eigenvalue weighted by atomic mass is 16.4. The molecule has 0 saturated heterocycles. The summed E-state index contributed by atoms with van der Waals surface area (Å²) in [6, 6.07) is 7.79. The molecular weight excluding hydrogens is 250 g/mol. The molecule has 0 radical (unpaired) electrons. The van der Waals surface area contributed by atoms with E-state index in [4.69, 9.17) is 0 Å². The normalized spacial score (nSPS) is 17.9. The molecule has 2 rings (SSSR count). The van der Waals surface area contributed by atoms with Gasteiger partial charge in [-0.05, 0) is 36.8 Å². The van der Waals surface area contributed by atoms with Gasteiger partial charge in [-0.1, -0.05) is 44.4 Å². The second kappa shape index (κ2) is 7.44. The third-order valence-electron chi connectivity index (χ3n) is 4.46. The average Bonchev–Trinajstić information content (AvgIpc) is 2.49. The van der Waals surface area contributed by atoms with Gasteiger partial charge in [-0.15, -0.1) is 0 Å². The summed E-state index contributed by atoms with van der Waals surface area (Å²) in [4.78, 5) is 11.2. The fraction of sp³-hybridized carbons (Fsp3) is 0.588. The van der Waals surface area contributed by atoms with Gasteiger partial charge in [-0.25, -0.2) is 4.79 Å². The average molecular weight is 275 g/mol. The first-order chi connectivity index (χ1) is 9.72. The number of carboxylic acids is 1. The van der Waals surface area contributed by atoms with E-state index >= 15 is 0 Å². The van der Waals surface area contributed by atoms with Crippen molar-refractivity contribution in [2.75, 3.05) is 0 Å². The topological polar surface area (TPSA) is 49.3 Å². The van der Waals surface area contributed by atoms with Crippen LogP contribution in [0.15, 0.2) is 24.3 Å². The quantitative estimate of drug-likeness (QED) is 0.829. The van der Waals surface area contributed by atoms with Crippen LogP contribution in [0.1, 0.15) is 61.4 Å². The Morgan fingerprint density at radius 3 is 2.65 bits per heavy atom. The van der Waals surface area contributed by atoms with E-state index in [1.807, 2.05) is 12.1 Å². The SMILES string of the molecule is CCC(NCc1ccccc1C(=O)O)C1CCCCC1. The molecule has 1 aromatic carbocycles. The lowest BCUT2D eigenvalue weighted by atomic mass is 9.83. The van der Waals surface area contributed by atoms with Crippen LogP contribution in [0, 0.1) is 5.92 Å².